The Kier molecular flexibility index (Phi) is 5.69. The first-order valence-electron chi connectivity index (χ1n) is 7.43. The van der Waals surface area contributed by atoms with Crippen molar-refractivity contribution < 1.29 is 27.8 Å². The smallest absolute Gasteiger partial charge is 0.265 e. The Balaban J connectivity index is 2.10. The largest absolute Gasteiger partial charge is 0.493 e. The summed E-state index contributed by atoms with van der Waals surface area (Å²) in [5.74, 6) is -2.16. The Morgan fingerprint density at radius 3 is 2.36 bits per heavy atom. The maximum absolute atomic E-state index is 13.2. The van der Waals surface area contributed by atoms with Crippen LogP contribution in [-0.4, -0.2) is 24.9 Å². The van der Waals surface area contributed by atoms with Gasteiger partial charge in [0.2, 0.25) is 0 Å². The van der Waals surface area contributed by atoms with Gasteiger partial charge in [-0.1, -0.05) is 0 Å². The van der Waals surface area contributed by atoms with Crippen LogP contribution in [0.2, 0.25) is 0 Å². The van der Waals surface area contributed by atoms with Crippen LogP contribution in [0.4, 0.5) is 14.5 Å². The second-order valence-corrected chi connectivity index (χ2v) is 5.30. The molecule has 25 heavy (non-hydrogen) atoms. The molecule has 2 rings (SSSR count). The Morgan fingerprint density at radius 2 is 1.76 bits per heavy atom. The van der Waals surface area contributed by atoms with Gasteiger partial charge in [0, 0.05) is 17.3 Å². The van der Waals surface area contributed by atoms with Gasteiger partial charge in [-0.25, -0.2) is 8.78 Å². The predicted octanol–water partition coefficient (Wildman–Crippen LogP) is 3.58. The third-order valence-electron chi connectivity index (χ3n) is 3.43. The minimum atomic E-state index is -1.06. The molecule has 132 valence electrons. The van der Waals surface area contributed by atoms with Crippen molar-refractivity contribution in [2.24, 2.45) is 0 Å². The van der Waals surface area contributed by atoms with E-state index in [1.807, 2.05) is 0 Å². The van der Waals surface area contributed by atoms with Crippen LogP contribution in [0.15, 0.2) is 36.4 Å². The van der Waals surface area contributed by atoms with Gasteiger partial charge in [-0.2, -0.15) is 0 Å². The number of amides is 1. The van der Waals surface area contributed by atoms with E-state index in [1.54, 1.807) is 6.07 Å². The Bertz CT molecular complexity index is 808. The van der Waals surface area contributed by atoms with Gasteiger partial charge in [0.05, 0.1) is 7.11 Å². The zero-order chi connectivity index (χ0) is 18.6. The van der Waals surface area contributed by atoms with Crippen molar-refractivity contribution >= 4 is 17.4 Å². The van der Waals surface area contributed by atoms with Crippen molar-refractivity contribution in [3.05, 3.63) is 53.6 Å². The molecule has 2 aromatic rings. The highest BCUT2D eigenvalue weighted by molar-refractivity contribution is 5.95. The van der Waals surface area contributed by atoms with E-state index in [4.69, 9.17) is 9.47 Å². The Hall–Kier alpha value is -2.96. The van der Waals surface area contributed by atoms with Gasteiger partial charge in [-0.15, -0.1) is 0 Å². The number of nitrogens with one attached hydrogen (secondary N) is 1. The molecule has 0 heterocycles. The molecule has 0 saturated carbocycles. The average Bonchev–Trinajstić information content (AvgIpc) is 2.58. The molecule has 0 aliphatic carbocycles. The highest BCUT2D eigenvalue weighted by atomic mass is 19.2. The minimum absolute atomic E-state index is 0.109. The molecule has 0 bridgehead atoms. The summed E-state index contributed by atoms with van der Waals surface area (Å²) in [6.45, 7) is 2.92. The van der Waals surface area contributed by atoms with Gasteiger partial charge >= 0.3 is 0 Å². The van der Waals surface area contributed by atoms with Crippen molar-refractivity contribution in [1.82, 2.24) is 0 Å². The van der Waals surface area contributed by atoms with Gasteiger partial charge in [-0.3, -0.25) is 9.59 Å². The lowest BCUT2D eigenvalue weighted by molar-refractivity contribution is -0.122. The molecule has 2 aromatic carbocycles. The highest BCUT2D eigenvalue weighted by Crippen LogP contribution is 2.29. The molecule has 7 heteroatoms. The lowest BCUT2D eigenvalue weighted by atomic mass is 10.1. The molecule has 0 saturated heterocycles. The fourth-order valence-corrected chi connectivity index (χ4v) is 2.05. The van der Waals surface area contributed by atoms with E-state index in [9.17, 15) is 18.4 Å². The summed E-state index contributed by atoms with van der Waals surface area (Å²) in [4.78, 5) is 23.5. The summed E-state index contributed by atoms with van der Waals surface area (Å²) < 4.78 is 36.8. The number of anilines is 1. The van der Waals surface area contributed by atoms with Crippen molar-refractivity contribution in [2.45, 2.75) is 20.0 Å². The number of hydrogen-bond acceptors (Lipinski definition) is 4. The Labute approximate surface area is 143 Å². The number of carbonyl (C=O) groups is 2. The van der Waals surface area contributed by atoms with Crippen LogP contribution in [0.1, 0.15) is 24.2 Å². The first-order valence-corrected chi connectivity index (χ1v) is 7.43. The third kappa shape index (κ3) is 4.53. The first kappa shape index (κ1) is 18.4. The van der Waals surface area contributed by atoms with Crippen LogP contribution >= 0.6 is 0 Å². The highest BCUT2D eigenvalue weighted by Gasteiger charge is 2.18. The van der Waals surface area contributed by atoms with E-state index in [0.717, 1.165) is 12.1 Å². The lowest BCUT2D eigenvalue weighted by Gasteiger charge is -2.17. The normalized spacial score (nSPS) is 11.6. The number of ketones is 1. The third-order valence-corrected chi connectivity index (χ3v) is 3.43. The van der Waals surface area contributed by atoms with Crippen molar-refractivity contribution in [3.8, 4) is 11.5 Å². The molecule has 5 nitrogen and oxygen atoms in total. The molecular weight excluding hydrogens is 332 g/mol. The number of hydrogen-bond donors (Lipinski definition) is 1. The van der Waals surface area contributed by atoms with Crippen molar-refractivity contribution in [3.63, 3.8) is 0 Å². The number of ether oxygens (including phenoxy) is 2. The molecule has 0 fully saturated rings. The van der Waals surface area contributed by atoms with E-state index in [0.29, 0.717) is 11.3 Å². The van der Waals surface area contributed by atoms with Crippen LogP contribution in [0.25, 0.3) is 0 Å². The van der Waals surface area contributed by atoms with Crippen LogP contribution in [0, 0.1) is 11.6 Å². The van der Waals surface area contributed by atoms with Gasteiger partial charge in [0.25, 0.3) is 5.91 Å². The fourth-order valence-electron chi connectivity index (χ4n) is 2.05. The van der Waals surface area contributed by atoms with E-state index in [1.165, 1.54) is 39.2 Å². The molecule has 1 atom stereocenters. The van der Waals surface area contributed by atoms with E-state index < -0.39 is 23.6 Å². The SMILES string of the molecule is COc1cc(C(C)=O)ccc1O[C@H](C)C(=O)Nc1ccc(F)c(F)c1. The fraction of sp³-hybridized carbons (Fsp3) is 0.222. The minimum Gasteiger partial charge on any atom is -0.493 e. The quantitative estimate of drug-likeness (QED) is 0.810. The number of carbonyl (C=O) groups excluding carboxylic acids is 2. The second kappa shape index (κ2) is 7.74. The summed E-state index contributed by atoms with van der Waals surface area (Å²) in [5, 5.41) is 2.43. The summed E-state index contributed by atoms with van der Waals surface area (Å²) in [5.41, 5.74) is 0.557. The van der Waals surface area contributed by atoms with Crippen LogP contribution in [0.5, 0.6) is 11.5 Å². The van der Waals surface area contributed by atoms with Crippen LogP contribution in [-0.2, 0) is 4.79 Å². The number of methoxy groups -OCH3 is 1. The van der Waals surface area contributed by atoms with Gasteiger partial charge in [0.15, 0.2) is 35.0 Å². The molecular formula is C18H17F2NO4. The summed E-state index contributed by atoms with van der Waals surface area (Å²) in [6.07, 6.45) is -0.940. The standard InChI is InChI=1S/C18H17F2NO4/c1-10(22)12-4-7-16(17(8-12)24-3)25-11(2)18(23)21-13-5-6-14(19)15(20)9-13/h4-9,11H,1-3H3,(H,21,23)/t11-/m1/s1. The van der Waals surface area contributed by atoms with Crippen LogP contribution in [0.3, 0.4) is 0 Å². The van der Waals surface area contributed by atoms with Crippen molar-refractivity contribution in [1.29, 1.82) is 0 Å². The van der Waals surface area contributed by atoms with Gasteiger partial charge in [-0.05, 0) is 44.2 Å². The Morgan fingerprint density at radius 1 is 1.04 bits per heavy atom. The van der Waals surface area contributed by atoms with Gasteiger partial charge in [0.1, 0.15) is 0 Å². The maximum Gasteiger partial charge on any atom is 0.265 e. The zero-order valence-electron chi connectivity index (χ0n) is 13.9. The molecule has 0 aromatic heterocycles. The monoisotopic (exact) mass is 349 g/mol. The number of halogens is 2. The molecule has 0 aliphatic heterocycles. The molecule has 0 unspecified atom stereocenters. The number of rotatable bonds is 6. The van der Waals surface area contributed by atoms with E-state index in [-0.39, 0.29) is 17.2 Å². The topological polar surface area (TPSA) is 64.6 Å². The molecule has 0 spiro atoms. The average molecular weight is 349 g/mol. The summed E-state index contributed by atoms with van der Waals surface area (Å²) in [6, 6.07) is 7.63. The van der Waals surface area contributed by atoms with Crippen LogP contribution < -0.4 is 14.8 Å². The second-order valence-electron chi connectivity index (χ2n) is 5.30. The first-order chi connectivity index (χ1) is 11.8. The zero-order valence-corrected chi connectivity index (χ0v) is 13.9. The number of Topliss-reactive ketones (excluding diaryl/α,β-unsaturated/α-hetero) is 1. The van der Waals surface area contributed by atoms with E-state index >= 15 is 0 Å². The molecule has 1 N–H and O–H groups in total. The summed E-state index contributed by atoms with van der Waals surface area (Å²) in [7, 11) is 1.41. The number of benzene rings is 2. The lowest BCUT2D eigenvalue weighted by Crippen LogP contribution is -2.30. The molecule has 0 radical (unpaired) electrons. The summed E-state index contributed by atoms with van der Waals surface area (Å²) >= 11 is 0. The van der Waals surface area contributed by atoms with Crippen molar-refractivity contribution in [2.75, 3.05) is 12.4 Å². The van der Waals surface area contributed by atoms with Gasteiger partial charge < -0.3 is 14.8 Å². The molecule has 1 amide bonds. The predicted molar refractivity (Wildman–Crippen MR) is 88.1 cm³/mol. The molecule has 0 aliphatic rings. The maximum atomic E-state index is 13.2. The van der Waals surface area contributed by atoms with E-state index in [2.05, 4.69) is 5.32 Å².